The highest BCUT2D eigenvalue weighted by atomic mass is 32.1. The van der Waals surface area contributed by atoms with E-state index >= 15 is 0 Å². The second kappa shape index (κ2) is 5.28. The van der Waals surface area contributed by atoms with Crippen molar-refractivity contribution in [2.24, 2.45) is 0 Å². The molecule has 0 saturated carbocycles. The quantitative estimate of drug-likeness (QED) is 0.531. The molecular formula is C17H10F3NOS. The molecule has 1 heterocycles. The number of aromatic hydroxyl groups is 1. The predicted molar refractivity (Wildman–Crippen MR) is 84.9 cm³/mol. The van der Waals surface area contributed by atoms with E-state index in [4.69, 9.17) is 6.57 Å². The first-order valence-electron chi connectivity index (χ1n) is 6.62. The minimum absolute atomic E-state index is 0.0662. The Labute approximate surface area is 134 Å². The zero-order valence-corrected chi connectivity index (χ0v) is 12.7. The number of rotatable bonds is 1. The van der Waals surface area contributed by atoms with Crippen molar-refractivity contribution in [3.8, 4) is 16.9 Å². The lowest BCUT2D eigenvalue weighted by Gasteiger charge is -2.07. The van der Waals surface area contributed by atoms with Gasteiger partial charge in [0, 0.05) is 4.70 Å². The highest BCUT2D eigenvalue weighted by Gasteiger charge is 2.33. The number of hydrogen-bond donors (Lipinski definition) is 1. The minimum atomic E-state index is -4.42. The van der Waals surface area contributed by atoms with Gasteiger partial charge in [0.25, 0.3) is 0 Å². The van der Waals surface area contributed by atoms with E-state index in [0.717, 1.165) is 6.07 Å². The molecule has 2 nitrogen and oxygen atoms in total. The number of phenolic OH excluding ortho intramolecular Hbond substituents is 1. The average molecular weight is 333 g/mol. The zero-order valence-electron chi connectivity index (χ0n) is 11.9. The van der Waals surface area contributed by atoms with Crippen molar-refractivity contribution in [2.75, 3.05) is 0 Å². The Morgan fingerprint density at radius 2 is 1.87 bits per heavy atom. The molecule has 0 saturated heterocycles. The number of benzene rings is 2. The molecule has 2 aromatic carbocycles. The van der Waals surface area contributed by atoms with Gasteiger partial charge in [-0.1, -0.05) is 12.1 Å². The minimum Gasteiger partial charge on any atom is -0.508 e. The van der Waals surface area contributed by atoms with Crippen LogP contribution in [0, 0.1) is 13.5 Å². The molecule has 0 spiro atoms. The van der Waals surface area contributed by atoms with Crippen LogP contribution in [-0.2, 0) is 6.18 Å². The van der Waals surface area contributed by atoms with Gasteiger partial charge in [0.15, 0.2) is 5.69 Å². The van der Waals surface area contributed by atoms with Gasteiger partial charge in [-0.05, 0) is 53.3 Å². The van der Waals surface area contributed by atoms with Gasteiger partial charge in [-0.25, -0.2) is 4.85 Å². The summed E-state index contributed by atoms with van der Waals surface area (Å²) in [5.74, 6) is 0.0662. The van der Waals surface area contributed by atoms with Crippen molar-refractivity contribution in [2.45, 2.75) is 13.1 Å². The highest BCUT2D eigenvalue weighted by Crippen LogP contribution is 2.44. The summed E-state index contributed by atoms with van der Waals surface area (Å²) in [6.45, 7) is 8.87. The van der Waals surface area contributed by atoms with Crippen LogP contribution in [0.25, 0.3) is 26.1 Å². The predicted octanol–water partition coefficient (Wildman–Crippen LogP) is 6.15. The molecule has 0 unspecified atom stereocenters. The smallest absolute Gasteiger partial charge is 0.425 e. The van der Waals surface area contributed by atoms with E-state index < -0.39 is 11.1 Å². The molecule has 1 aromatic heterocycles. The summed E-state index contributed by atoms with van der Waals surface area (Å²) in [5.41, 5.74) is 2.04. The summed E-state index contributed by atoms with van der Waals surface area (Å²) in [6, 6.07) is 8.99. The first-order chi connectivity index (χ1) is 10.8. The van der Waals surface area contributed by atoms with Gasteiger partial charge in [-0.15, -0.1) is 11.3 Å². The van der Waals surface area contributed by atoms with Crippen LogP contribution in [0.1, 0.15) is 10.4 Å². The Morgan fingerprint density at radius 3 is 2.48 bits per heavy atom. The summed E-state index contributed by atoms with van der Waals surface area (Å²) in [7, 11) is 0. The Kier molecular flexibility index (Phi) is 3.53. The molecule has 3 rings (SSSR count). The number of alkyl halides is 3. The molecule has 3 aromatic rings. The summed E-state index contributed by atoms with van der Waals surface area (Å²) < 4.78 is 39.4. The lowest BCUT2D eigenvalue weighted by atomic mass is 10.0. The maximum Gasteiger partial charge on any atom is 0.425 e. The third kappa shape index (κ3) is 2.76. The maximum absolute atomic E-state index is 13.0. The van der Waals surface area contributed by atoms with Gasteiger partial charge >= 0.3 is 6.18 Å². The van der Waals surface area contributed by atoms with Crippen molar-refractivity contribution in [3.63, 3.8) is 0 Å². The Balaban J connectivity index is 2.32. The molecule has 0 bridgehead atoms. The van der Waals surface area contributed by atoms with Crippen molar-refractivity contribution in [1.82, 2.24) is 0 Å². The van der Waals surface area contributed by atoms with Crippen LogP contribution in [0.15, 0.2) is 36.4 Å². The number of halogens is 3. The van der Waals surface area contributed by atoms with E-state index in [1.165, 1.54) is 12.1 Å². The van der Waals surface area contributed by atoms with Crippen LogP contribution in [-0.4, -0.2) is 5.11 Å². The van der Waals surface area contributed by atoms with Crippen LogP contribution in [0.4, 0.5) is 18.9 Å². The fourth-order valence-electron chi connectivity index (χ4n) is 2.33. The summed E-state index contributed by atoms with van der Waals surface area (Å²) in [4.78, 5) is 2.63. The zero-order chi connectivity index (χ0) is 16.8. The van der Waals surface area contributed by atoms with Crippen LogP contribution in [0.3, 0.4) is 0 Å². The Morgan fingerprint density at radius 1 is 1.13 bits per heavy atom. The van der Waals surface area contributed by atoms with Gasteiger partial charge in [0.1, 0.15) is 10.6 Å². The van der Waals surface area contributed by atoms with Gasteiger partial charge in [0.05, 0.1) is 6.57 Å². The fraction of sp³-hybridized carbons (Fsp3) is 0.118. The van der Waals surface area contributed by atoms with E-state index in [1.54, 1.807) is 25.1 Å². The molecule has 0 aliphatic rings. The molecule has 0 fully saturated rings. The van der Waals surface area contributed by atoms with Crippen LogP contribution >= 0.6 is 11.3 Å². The van der Waals surface area contributed by atoms with Gasteiger partial charge in [-0.3, -0.25) is 0 Å². The molecule has 0 aliphatic heterocycles. The van der Waals surface area contributed by atoms with E-state index in [2.05, 4.69) is 4.85 Å². The molecule has 1 N–H and O–H groups in total. The fourth-order valence-corrected chi connectivity index (χ4v) is 3.38. The van der Waals surface area contributed by atoms with E-state index in [0.29, 0.717) is 38.1 Å². The molecule has 0 amide bonds. The first kappa shape index (κ1) is 15.4. The van der Waals surface area contributed by atoms with Gasteiger partial charge in [-0.2, -0.15) is 13.2 Å². The number of hydrogen-bond acceptors (Lipinski definition) is 2. The monoisotopic (exact) mass is 333 g/mol. The molecular weight excluding hydrogens is 323 g/mol. The van der Waals surface area contributed by atoms with Crippen molar-refractivity contribution in [1.29, 1.82) is 0 Å². The van der Waals surface area contributed by atoms with Crippen molar-refractivity contribution in [3.05, 3.63) is 58.3 Å². The van der Waals surface area contributed by atoms with Crippen molar-refractivity contribution >= 4 is 27.1 Å². The van der Waals surface area contributed by atoms with Gasteiger partial charge < -0.3 is 5.11 Å². The number of phenols is 1. The van der Waals surface area contributed by atoms with E-state index in [-0.39, 0.29) is 11.4 Å². The number of nitrogens with zero attached hydrogens (tertiary/aromatic N) is 1. The van der Waals surface area contributed by atoms with Crippen molar-refractivity contribution < 1.29 is 18.3 Å². The summed E-state index contributed by atoms with van der Waals surface area (Å²) in [6.07, 6.45) is -4.42. The molecule has 6 heteroatoms. The SMILES string of the molecule is [C-]#[N+]c1cc(-c2ccc(C)c(O)c2)c2sc(C(F)(F)F)cc2c1. The standard InChI is InChI=1S/C17H10F3NOS/c1-9-3-4-10(6-14(9)22)13-8-12(21-2)5-11-7-15(17(18,19)20)23-16(11)13/h3-8,22H,1H3. The normalized spacial score (nSPS) is 11.6. The lowest BCUT2D eigenvalue weighted by molar-refractivity contribution is -0.134. The third-order valence-electron chi connectivity index (χ3n) is 3.53. The highest BCUT2D eigenvalue weighted by molar-refractivity contribution is 7.19. The van der Waals surface area contributed by atoms with Crippen LogP contribution in [0.2, 0.25) is 0 Å². The topological polar surface area (TPSA) is 24.6 Å². The number of aryl methyl sites for hydroxylation is 1. The molecule has 116 valence electrons. The molecule has 23 heavy (non-hydrogen) atoms. The van der Waals surface area contributed by atoms with Crippen LogP contribution in [0.5, 0.6) is 5.75 Å². The molecule has 0 atom stereocenters. The second-order valence-electron chi connectivity index (χ2n) is 5.13. The summed E-state index contributed by atoms with van der Waals surface area (Å²) in [5, 5.41) is 10.2. The molecule has 0 aliphatic carbocycles. The largest absolute Gasteiger partial charge is 0.508 e. The second-order valence-corrected chi connectivity index (χ2v) is 6.19. The first-order valence-corrected chi connectivity index (χ1v) is 7.43. The molecule has 0 radical (unpaired) electrons. The Bertz CT molecular complexity index is 951. The summed E-state index contributed by atoms with van der Waals surface area (Å²) >= 11 is 0.645. The third-order valence-corrected chi connectivity index (χ3v) is 4.76. The van der Waals surface area contributed by atoms with E-state index in [1.807, 2.05) is 0 Å². The Hall–Kier alpha value is -2.52. The van der Waals surface area contributed by atoms with Gasteiger partial charge in [0.2, 0.25) is 0 Å². The number of thiophene rings is 1. The average Bonchev–Trinajstić information content (AvgIpc) is 2.93. The van der Waals surface area contributed by atoms with E-state index in [9.17, 15) is 18.3 Å². The lowest BCUT2D eigenvalue weighted by Crippen LogP contribution is -2.00. The van der Waals surface area contributed by atoms with Crippen LogP contribution < -0.4 is 0 Å². The number of fused-ring (bicyclic) bond motifs is 1. The maximum atomic E-state index is 13.0.